The van der Waals surface area contributed by atoms with Crippen LogP contribution in [0.5, 0.6) is 0 Å². The normalized spacial score (nSPS) is 12.5. The van der Waals surface area contributed by atoms with Crippen LogP contribution in [0.15, 0.2) is 30.3 Å². The van der Waals surface area contributed by atoms with Crippen LogP contribution in [0, 0.1) is 27.7 Å². The second-order valence-electron chi connectivity index (χ2n) is 5.47. The molecule has 0 saturated heterocycles. The van der Waals surface area contributed by atoms with Gasteiger partial charge in [-0.2, -0.15) is 0 Å². The van der Waals surface area contributed by atoms with Crippen LogP contribution in [0.3, 0.4) is 0 Å². The molecule has 0 aromatic heterocycles. The molecule has 0 aliphatic heterocycles. The topological polar surface area (TPSA) is 12.0 Å². The minimum absolute atomic E-state index is 0.200. The lowest BCUT2D eigenvalue weighted by Gasteiger charge is -2.23. The molecule has 0 heterocycles. The first-order valence-electron chi connectivity index (χ1n) is 6.95. The van der Waals surface area contributed by atoms with Crippen LogP contribution in [0.1, 0.15) is 39.4 Å². The molecule has 0 saturated carbocycles. The highest BCUT2D eigenvalue weighted by Gasteiger charge is 2.17. The molecule has 1 N–H and O–H groups in total. The quantitative estimate of drug-likeness (QED) is 0.848. The van der Waals surface area contributed by atoms with E-state index in [0.717, 1.165) is 10.6 Å². The summed E-state index contributed by atoms with van der Waals surface area (Å²) in [6.45, 7) is 8.52. The van der Waals surface area contributed by atoms with Crippen LogP contribution in [-0.2, 0) is 0 Å². The fraction of sp³-hybridized carbons (Fsp3) is 0.333. The summed E-state index contributed by atoms with van der Waals surface area (Å²) in [6.07, 6.45) is 0. The van der Waals surface area contributed by atoms with E-state index >= 15 is 0 Å². The van der Waals surface area contributed by atoms with Gasteiger partial charge in [-0.3, -0.25) is 0 Å². The molecule has 0 amide bonds. The van der Waals surface area contributed by atoms with E-state index in [9.17, 15) is 0 Å². The third-order valence-corrected chi connectivity index (χ3v) is 4.51. The van der Waals surface area contributed by atoms with Gasteiger partial charge in [0.05, 0.1) is 6.04 Å². The molecule has 20 heavy (non-hydrogen) atoms. The zero-order chi connectivity index (χ0) is 14.9. The Bertz CT molecular complexity index is 632. The van der Waals surface area contributed by atoms with E-state index in [1.165, 1.54) is 27.8 Å². The van der Waals surface area contributed by atoms with Crippen molar-refractivity contribution >= 4 is 11.6 Å². The van der Waals surface area contributed by atoms with Gasteiger partial charge in [-0.1, -0.05) is 35.9 Å². The second-order valence-corrected chi connectivity index (χ2v) is 5.88. The summed E-state index contributed by atoms with van der Waals surface area (Å²) >= 11 is 6.22. The Kier molecular flexibility index (Phi) is 4.52. The van der Waals surface area contributed by atoms with Crippen molar-refractivity contribution in [3.05, 3.63) is 68.7 Å². The van der Waals surface area contributed by atoms with Crippen LogP contribution in [0.25, 0.3) is 0 Å². The summed E-state index contributed by atoms with van der Waals surface area (Å²) in [5, 5.41) is 4.28. The maximum atomic E-state index is 6.22. The number of nitrogens with one attached hydrogen (secondary N) is 1. The summed E-state index contributed by atoms with van der Waals surface area (Å²) < 4.78 is 0. The first-order valence-corrected chi connectivity index (χ1v) is 7.33. The Hall–Kier alpha value is -1.31. The zero-order valence-electron chi connectivity index (χ0n) is 12.8. The molecule has 1 unspecified atom stereocenters. The Morgan fingerprint density at radius 1 is 0.900 bits per heavy atom. The van der Waals surface area contributed by atoms with Gasteiger partial charge < -0.3 is 5.32 Å². The van der Waals surface area contributed by atoms with Crippen molar-refractivity contribution in [3.8, 4) is 0 Å². The van der Waals surface area contributed by atoms with Gasteiger partial charge in [0, 0.05) is 5.02 Å². The predicted molar refractivity (Wildman–Crippen MR) is 87.7 cm³/mol. The molecule has 0 aliphatic carbocycles. The number of benzene rings is 2. The van der Waals surface area contributed by atoms with Crippen LogP contribution < -0.4 is 5.32 Å². The fourth-order valence-electron chi connectivity index (χ4n) is 2.68. The summed E-state index contributed by atoms with van der Waals surface area (Å²) in [7, 11) is 2.01. The van der Waals surface area contributed by atoms with E-state index in [4.69, 9.17) is 11.6 Å². The predicted octanol–water partition coefficient (Wildman–Crippen LogP) is 4.88. The first kappa shape index (κ1) is 15.1. The van der Waals surface area contributed by atoms with Gasteiger partial charge in [0.25, 0.3) is 0 Å². The van der Waals surface area contributed by atoms with Gasteiger partial charge in [0.1, 0.15) is 0 Å². The molecular weight excluding hydrogens is 266 g/mol. The maximum absolute atomic E-state index is 6.22. The molecule has 0 radical (unpaired) electrons. The van der Waals surface area contributed by atoms with Crippen LogP contribution in [0.2, 0.25) is 5.02 Å². The van der Waals surface area contributed by atoms with Crippen LogP contribution in [0.4, 0.5) is 0 Å². The van der Waals surface area contributed by atoms with E-state index in [1.54, 1.807) is 0 Å². The van der Waals surface area contributed by atoms with Crippen molar-refractivity contribution in [1.29, 1.82) is 0 Å². The van der Waals surface area contributed by atoms with Crippen LogP contribution in [-0.4, -0.2) is 7.05 Å². The van der Waals surface area contributed by atoms with E-state index < -0.39 is 0 Å². The van der Waals surface area contributed by atoms with Gasteiger partial charge in [-0.25, -0.2) is 0 Å². The molecular formula is C18H22ClN. The van der Waals surface area contributed by atoms with Gasteiger partial charge >= 0.3 is 0 Å². The van der Waals surface area contributed by atoms with Gasteiger partial charge in [0.15, 0.2) is 0 Å². The van der Waals surface area contributed by atoms with Crippen molar-refractivity contribution in [2.75, 3.05) is 7.05 Å². The number of aryl methyl sites for hydroxylation is 3. The molecule has 2 aromatic carbocycles. The molecule has 2 rings (SSSR count). The fourth-order valence-corrected chi connectivity index (χ4v) is 2.90. The van der Waals surface area contributed by atoms with Crippen molar-refractivity contribution in [3.63, 3.8) is 0 Å². The summed E-state index contributed by atoms with van der Waals surface area (Å²) in [6, 6.07) is 10.9. The number of hydrogen-bond donors (Lipinski definition) is 1. The highest BCUT2D eigenvalue weighted by Crippen LogP contribution is 2.31. The molecule has 0 fully saturated rings. The average Bonchev–Trinajstić information content (AvgIpc) is 2.41. The van der Waals surface area contributed by atoms with Crippen LogP contribution >= 0.6 is 11.6 Å². The third kappa shape index (κ3) is 2.74. The second kappa shape index (κ2) is 5.99. The smallest absolute Gasteiger partial charge is 0.0579 e. The molecule has 0 bridgehead atoms. The summed E-state index contributed by atoms with van der Waals surface area (Å²) in [5.74, 6) is 0. The van der Waals surface area contributed by atoms with E-state index in [-0.39, 0.29) is 6.04 Å². The molecule has 2 aromatic rings. The Morgan fingerprint density at radius 3 is 2.25 bits per heavy atom. The summed E-state index contributed by atoms with van der Waals surface area (Å²) in [5.41, 5.74) is 7.64. The Morgan fingerprint density at radius 2 is 1.60 bits per heavy atom. The number of hydrogen-bond acceptors (Lipinski definition) is 1. The highest BCUT2D eigenvalue weighted by molar-refractivity contribution is 6.31. The minimum atomic E-state index is 0.200. The third-order valence-electron chi connectivity index (χ3n) is 4.10. The molecule has 1 atom stereocenters. The average molecular weight is 288 g/mol. The molecule has 1 nitrogen and oxygen atoms in total. The van der Waals surface area contributed by atoms with Gasteiger partial charge in [-0.05, 0) is 74.2 Å². The summed E-state index contributed by atoms with van der Waals surface area (Å²) in [4.78, 5) is 0. The lowest BCUT2D eigenvalue weighted by molar-refractivity contribution is 0.682. The Labute approximate surface area is 127 Å². The highest BCUT2D eigenvalue weighted by atomic mass is 35.5. The van der Waals surface area contributed by atoms with Gasteiger partial charge in [0.2, 0.25) is 0 Å². The van der Waals surface area contributed by atoms with Crippen molar-refractivity contribution in [2.45, 2.75) is 33.7 Å². The van der Waals surface area contributed by atoms with Crippen molar-refractivity contribution in [1.82, 2.24) is 5.32 Å². The standard InChI is InChI=1S/C18H22ClN/c1-11-7-6-8-15(14(11)4)18(20-5)16-9-13(3)17(19)10-12(16)2/h6-10,18,20H,1-5H3. The maximum Gasteiger partial charge on any atom is 0.0579 e. The van der Waals surface area contributed by atoms with E-state index in [2.05, 4.69) is 63.3 Å². The molecule has 2 heteroatoms. The lowest BCUT2D eigenvalue weighted by Crippen LogP contribution is -2.20. The van der Waals surface area contributed by atoms with E-state index in [1.807, 2.05) is 7.05 Å². The first-order chi connectivity index (χ1) is 9.45. The van der Waals surface area contributed by atoms with Crippen molar-refractivity contribution in [2.24, 2.45) is 0 Å². The van der Waals surface area contributed by atoms with Crippen molar-refractivity contribution < 1.29 is 0 Å². The number of rotatable bonds is 3. The largest absolute Gasteiger partial charge is 0.309 e. The number of halogens is 1. The lowest BCUT2D eigenvalue weighted by atomic mass is 9.90. The van der Waals surface area contributed by atoms with Gasteiger partial charge in [-0.15, -0.1) is 0 Å². The molecule has 0 aliphatic rings. The Balaban J connectivity index is 2.58. The molecule has 106 valence electrons. The SMILES string of the molecule is CNC(c1cc(C)c(Cl)cc1C)c1cccc(C)c1C. The monoisotopic (exact) mass is 287 g/mol. The van der Waals surface area contributed by atoms with E-state index in [0.29, 0.717) is 0 Å². The molecule has 0 spiro atoms. The zero-order valence-corrected chi connectivity index (χ0v) is 13.6. The minimum Gasteiger partial charge on any atom is -0.309 e.